The third-order valence-corrected chi connectivity index (χ3v) is 8.27. The van der Waals surface area contributed by atoms with E-state index in [1.165, 1.54) is 17.0 Å². The summed E-state index contributed by atoms with van der Waals surface area (Å²) in [6.07, 6.45) is 2.38. The molecule has 1 aliphatic carbocycles. The largest absolute Gasteiger partial charge is 0.465 e. The number of halogens is 2. The van der Waals surface area contributed by atoms with Crippen molar-refractivity contribution < 1.29 is 23.8 Å². The van der Waals surface area contributed by atoms with Crippen LogP contribution in [0.3, 0.4) is 0 Å². The Morgan fingerprint density at radius 3 is 2.54 bits per heavy atom. The maximum atomic E-state index is 14.8. The summed E-state index contributed by atoms with van der Waals surface area (Å²) < 4.78 is 30.6. The first kappa shape index (κ1) is 25.2. The van der Waals surface area contributed by atoms with Gasteiger partial charge in [0.15, 0.2) is 17.3 Å². The van der Waals surface area contributed by atoms with E-state index in [2.05, 4.69) is 15.0 Å². The summed E-state index contributed by atoms with van der Waals surface area (Å²) in [6.45, 7) is 0.202. The Hall–Kier alpha value is -4.12. The first-order chi connectivity index (χ1) is 18.8. The van der Waals surface area contributed by atoms with Crippen LogP contribution in [0.4, 0.5) is 13.6 Å². The highest BCUT2D eigenvalue weighted by molar-refractivity contribution is 5.70. The van der Waals surface area contributed by atoms with Crippen LogP contribution in [0.15, 0.2) is 59.7 Å². The molecule has 1 amide bonds. The SMILES string of the molecule is O=C(O)N1CCC(n2c(=O)[nH]c3ncccc32)CC1[C@H]1CC[C@H](c2cccc(F)c2F)[C@H](O)c2cccnc21. The number of piperidine rings is 1. The second kappa shape index (κ2) is 9.88. The molecular weight excluding hydrogens is 508 g/mol. The Kier molecular flexibility index (Phi) is 6.38. The number of amides is 1. The fraction of sp³-hybridized carbons (Fsp3) is 0.357. The molecule has 1 saturated heterocycles. The molecule has 9 nitrogen and oxygen atoms in total. The standard InChI is InChI=1S/C28H27F2N5O4/c29-20-6-1-4-16(23(20)30)17-8-9-18(24-19(25(17)36)5-2-11-31-24)22-14-15(10-13-34(22)28(38)39)35-21-7-3-12-32-26(21)33-27(35)37/h1-7,11-12,15,17-18,22,25,36H,8-10,13-14H2,(H,38,39)(H,32,33,37)/t15?,17-,18-,22?,25+/m1/s1. The number of hydrogen-bond acceptors (Lipinski definition) is 5. The van der Waals surface area contributed by atoms with E-state index < -0.39 is 41.7 Å². The van der Waals surface area contributed by atoms with Crippen LogP contribution in [0.1, 0.15) is 66.5 Å². The van der Waals surface area contributed by atoms with Gasteiger partial charge in [-0.2, -0.15) is 0 Å². The minimum absolute atomic E-state index is 0.0763. The van der Waals surface area contributed by atoms with E-state index >= 15 is 0 Å². The second-order valence-corrected chi connectivity index (χ2v) is 10.2. The smallest absolute Gasteiger partial charge is 0.407 e. The number of nitrogens with one attached hydrogen (secondary N) is 1. The number of imidazole rings is 1. The number of rotatable bonds is 3. The van der Waals surface area contributed by atoms with Crippen molar-refractivity contribution >= 4 is 17.3 Å². The Morgan fingerprint density at radius 1 is 0.974 bits per heavy atom. The molecule has 4 aromatic rings. The molecule has 0 bridgehead atoms. The average molecular weight is 536 g/mol. The summed E-state index contributed by atoms with van der Waals surface area (Å²) in [5.74, 6) is -3.16. The summed E-state index contributed by atoms with van der Waals surface area (Å²) in [7, 11) is 0. The van der Waals surface area contributed by atoms with Gasteiger partial charge in [-0.25, -0.2) is 23.4 Å². The van der Waals surface area contributed by atoms with Crippen LogP contribution in [0.25, 0.3) is 11.2 Å². The highest BCUT2D eigenvalue weighted by Crippen LogP contribution is 2.47. The lowest BCUT2D eigenvalue weighted by atomic mass is 9.82. The van der Waals surface area contributed by atoms with Crippen LogP contribution in [0.5, 0.6) is 0 Å². The molecule has 1 aliphatic heterocycles. The van der Waals surface area contributed by atoms with Gasteiger partial charge in [0.2, 0.25) is 0 Å². The molecule has 2 unspecified atom stereocenters. The Morgan fingerprint density at radius 2 is 1.72 bits per heavy atom. The van der Waals surface area contributed by atoms with Crippen molar-refractivity contribution in [3.05, 3.63) is 93.8 Å². The van der Waals surface area contributed by atoms with Gasteiger partial charge in [0, 0.05) is 48.4 Å². The molecule has 3 aromatic heterocycles. The van der Waals surface area contributed by atoms with Gasteiger partial charge < -0.3 is 15.1 Å². The minimum Gasteiger partial charge on any atom is -0.465 e. The van der Waals surface area contributed by atoms with Crippen molar-refractivity contribution in [3.8, 4) is 0 Å². The van der Waals surface area contributed by atoms with Gasteiger partial charge >= 0.3 is 11.8 Å². The number of fused-ring (bicyclic) bond motifs is 2. The second-order valence-electron chi connectivity index (χ2n) is 10.2. The van der Waals surface area contributed by atoms with Crippen LogP contribution >= 0.6 is 0 Å². The minimum atomic E-state index is -1.16. The zero-order chi connectivity index (χ0) is 27.3. The number of likely N-dealkylation sites (tertiary alicyclic amines) is 1. The molecule has 2 aliphatic rings. The number of hydrogen-bond donors (Lipinski definition) is 3. The molecule has 0 spiro atoms. The Labute approximate surface area is 221 Å². The predicted octanol–water partition coefficient (Wildman–Crippen LogP) is 4.48. The summed E-state index contributed by atoms with van der Waals surface area (Å²) in [4.78, 5) is 38.3. The number of aliphatic hydroxyl groups is 1. The molecule has 4 heterocycles. The molecule has 5 atom stereocenters. The molecule has 202 valence electrons. The Balaban J connectivity index is 1.41. The number of aromatic nitrogens is 4. The zero-order valence-electron chi connectivity index (χ0n) is 20.9. The lowest BCUT2D eigenvalue weighted by Crippen LogP contribution is -2.49. The first-order valence-electron chi connectivity index (χ1n) is 13.0. The molecular formula is C28H27F2N5O4. The number of nitrogens with zero attached hydrogens (tertiary/aromatic N) is 4. The van der Waals surface area contributed by atoms with Gasteiger partial charge in [0.25, 0.3) is 0 Å². The number of benzene rings is 1. The predicted molar refractivity (Wildman–Crippen MR) is 137 cm³/mol. The summed E-state index contributed by atoms with van der Waals surface area (Å²) in [6, 6.07) is 9.98. The van der Waals surface area contributed by atoms with Crippen LogP contribution < -0.4 is 5.69 Å². The lowest BCUT2D eigenvalue weighted by molar-refractivity contribution is 0.0776. The molecule has 0 saturated carbocycles. The summed E-state index contributed by atoms with van der Waals surface area (Å²) >= 11 is 0. The van der Waals surface area contributed by atoms with Crippen LogP contribution in [0, 0.1) is 11.6 Å². The number of pyridine rings is 2. The number of H-pyrrole nitrogens is 1. The van der Waals surface area contributed by atoms with Gasteiger partial charge in [0.1, 0.15) is 0 Å². The number of aromatic amines is 1. The topological polar surface area (TPSA) is 124 Å². The van der Waals surface area contributed by atoms with E-state index in [-0.39, 0.29) is 30.3 Å². The van der Waals surface area contributed by atoms with Gasteiger partial charge in [-0.1, -0.05) is 18.2 Å². The average Bonchev–Trinajstić information content (AvgIpc) is 3.20. The molecule has 0 radical (unpaired) electrons. The van der Waals surface area contributed by atoms with E-state index in [9.17, 15) is 28.6 Å². The number of carboxylic acid groups (broad SMARTS) is 1. The van der Waals surface area contributed by atoms with E-state index in [0.29, 0.717) is 41.7 Å². The third kappa shape index (κ3) is 4.26. The lowest BCUT2D eigenvalue weighted by Gasteiger charge is -2.42. The molecule has 11 heteroatoms. The zero-order valence-corrected chi connectivity index (χ0v) is 20.9. The van der Waals surface area contributed by atoms with Crippen molar-refractivity contribution in [2.24, 2.45) is 0 Å². The van der Waals surface area contributed by atoms with Crippen molar-refractivity contribution in [1.29, 1.82) is 0 Å². The van der Waals surface area contributed by atoms with E-state index in [0.717, 1.165) is 6.07 Å². The number of carbonyl (C=O) groups is 1. The molecule has 1 fully saturated rings. The van der Waals surface area contributed by atoms with E-state index in [4.69, 9.17) is 0 Å². The third-order valence-electron chi connectivity index (χ3n) is 8.27. The van der Waals surface area contributed by atoms with Gasteiger partial charge in [-0.3, -0.25) is 14.5 Å². The molecule has 39 heavy (non-hydrogen) atoms. The van der Waals surface area contributed by atoms with E-state index in [1.54, 1.807) is 41.2 Å². The summed E-state index contributed by atoms with van der Waals surface area (Å²) in [5, 5.41) is 21.5. The van der Waals surface area contributed by atoms with Gasteiger partial charge in [0.05, 0.1) is 17.3 Å². The molecule has 1 aromatic carbocycles. The van der Waals surface area contributed by atoms with Crippen molar-refractivity contribution in [1.82, 2.24) is 24.4 Å². The molecule has 6 rings (SSSR count). The van der Waals surface area contributed by atoms with Crippen molar-refractivity contribution in [2.75, 3.05) is 6.54 Å². The van der Waals surface area contributed by atoms with Crippen LogP contribution in [-0.4, -0.2) is 53.3 Å². The first-order valence-corrected chi connectivity index (χ1v) is 13.0. The number of aliphatic hydroxyl groups excluding tert-OH is 1. The summed E-state index contributed by atoms with van der Waals surface area (Å²) in [5.41, 5.74) is 1.87. The maximum absolute atomic E-state index is 14.8. The maximum Gasteiger partial charge on any atom is 0.407 e. The fourth-order valence-electron chi connectivity index (χ4n) is 6.52. The monoisotopic (exact) mass is 535 g/mol. The quantitative estimate of drug-likeness (QED) is 0.333. The highest BCUT2D eigenvalue weighted by atomic mass is 19.2. The fourth-order valence-corrected chi connectivity index (χ4v) is 6.52. The Bertz CT molecular complexity index is 1600. The van der Waals surface area contributed by atoms with Crippen molar-refractivity contribution in [3.63, 3.8) is 0 Å². The van der Waals surface area contributed by atoms with Crippen LogP contribution in [-0.2, 0) is 0 Å². The highest BCUT2D eigenvalue weighted by Gasteiger charge is 2.43. The normalized spacial score (nSPS) is 25.3. The van der Waals surface area contributed by atoms with Crippen molar-refractivity contribution in [2.45, 2.75) is 55.7 Å². The molecule has 3 N–H and O–H groups in total. The van der Waals surface area contributed by atoms with Gasteiger partial charge in [-0.15, -0.1) is 0 Å². The van der Waals surface area contributed by atoms with E-state index in [1.807, 2.05) is 0 Å². The van der Waals surface area contributed by atoms with Gasteiger partial charge in [-0.05, 0) is 55.5 Å². The van der Waals surface area contributed by atoms with Crippen LogP contribution in [0.2, 0.25) is 0 Å².